The van der Waals surface area contributed by atoms with E-state index >= 15 is 0 Å². The molecule has 0 aliphatic carbocycles. The van der Waals surface area contributed by atoms with Gasteiger partial charge in [0, 0.05) is 5.88 Å². The van der Waals surface area contributed by atoms with Gasteiger partial charge in [0.1, 0.15) is 5.82 Å². The van der Waals surface area contributed by atoms with Crippen LogP contribution in [-0.4, -0.2) is 0 Å². The van der Waals surface area contributed by atoms with E-state index in [9.17, 15) is 4.39 Å². The number of hydrogen-bond acceptors (Lipinski definition) is 0. The summed E-state index contributed by atoms with van der Waals surface area (Å²) in [6.45, 7) is 6.14. The van der Waals surface area contributed by atoms with E-state index in [1.807, 2.05) is 26.8 Å². The van der Waals surface area contributed by atoms with Gasteiger partial charge in [0.05, 0.1) is 4.47 Å². The fraction of sp³-hybridized carbons (Fsp3) is 0.455. The van der Waals surface area contributed by atoms with E-state index in [2.05, 4.69) is 15.9 Å². The zero-order chi connectivity index (χ0) is 10.9. The van der Waals surface area contributed by atoms with Gasteiger partial charge in [0.15, 0.2) is 0 Å². The van der Waals surface area contributed by atoms with Gasteiger partial charge in [-0.1, -0.05) is 26.8 Å². The largest absolute Gasteiger partial charge is 0.206 e. The van der Waals surface area contributed by atoms with Crippen molar-refractivity contribution in [3.05, 3.63) is 33.5 Å². The minimum Gasteiger partial charge on any atom is -0.206 e. The SMILES string of the molecule is CC(C)(C)c1cc(CCl)cc(F)c1Br. The Morgan fingerprint density at radius 1 is 1.36 bits per heavy atom. The summed E-state index contributed by atoms with van der Waals surface area (Å²) in [6.07, 6.45) is 0. The summed E-state index contributed by atoms with van der Waals surface area (Å²) in [4.78, 5) is 0. The lowest BCUT2D eigenvalue weighted by molar-refractivity contribution is 0.563. The molecule has 78 valence electrons. The van der Waals surface area contributed by atoms with Crippen LogP contribution >= 0.6 is 27.5 Å². The molecule has 0 amide bonds. The summed E-state index contributed by atoms with van der Waals surface area (Å²) in [5.74, 6) is 0.0980. The maximum atomic E-state index is 13.5. The lowest BCUT2D eigenvalue weighted by atomic mass is 9.86. The van der Waals surface area contributed by atoms with Gasteiger partial charge in [-0.05, 0) is 38.5 Å². The van der Waals surface area contributed by atoms with E-state index < -0.39 is 0 Å². The van der Waals surface area contributed by atoms with Crippen molar-refractivity contribution >= 4 is 27.5 Å². The maximum absolute atomic E-state index is 13.5. The molecule has 1 aromatic rings. The topological polar surface area (TPSA) is 0 Å². The summed E-state index contributed by atoms with van der Waals surface area (Å²) in [7, 11) is 0. The summed E-state index contributed by atoms with van der Waals surface area (Å²) in [5, 5.41) is 0. The molecule has 0 spiro atoms. The molecule has 0 N–H and O–H groups in total. The highest BCUT2D eigenvalue weighted by atomic mass is 79.9. The Bertz CT molecular complexity index is 342. The Labute approximate surface area is 97.6 Å². The highest BCUT2D eigenvalue weighted by Gasteiger charge is 2.20. The van der Waals surface area contributed by atoms with Gasteiger partial charge in [-0.15, -0.1) is 11.6 Å². The molecular formula is C11H13BrClF. The second-order valence-corrected chi connectivity index (χ2v) is 5.38. The minimum absolute atomic E-state index is 0.0816. The van der Waals surface area contributed by atoms with E-state index in [0.717, 1.165) is 11.1 Å². The van der Waals surface area contributed by atoms with Gasteiger partial charge in [-0.2, -0.15) is 0 Å². The van der Waals surface area contributed by atoms with Crippen molar-refractivity contribution in [3.8, 4) is 0 Å². The highest BCUT2D eigenvalue weighted by Crippen LogP contribution is 2.32. The Morgan fingerprint density at radius 3 is 2.36 bits per heavy atom. The number of benzene rings is 1. The average Bonchev–Trinajstić information content (AvgIpc) is 2.07. The molecule has 0 unspecified atom stereocenters. The van der Waals surface area contributed by atoms with Gasteiger partial charge in [0.2, 0.25) is 0 Å². The van der Waals surface area contributed by atoms with Gasteiger partial charge in [0.25, 0.3) is 0 Å². The molecule has 3 heteroatoms. The summed E-state index contributed by atoms with van der Waals surface area (Å²) in [5.41, 5.74) is 1.69. The predicted octanol–water partition coefficient (Wildman–Crippen LogP) is 4.62. The van der Waals surface area contributed by atoms with Crippen molar-refractivity contribution in [2.45, 2.75) is 32.1 Å². The van der Waals surface area contributed by atoms with E-state index in [1.165, 1.54) is 6.07 Å². The molecule has 0 fully saturated rings. The summed E-state index contributed by atoms with van der Waals surface area (Å²) < 4.78 is 14.0. The highest BCUT2D eigenvalue weighted by molar-refractivity contribution is 9.10. The zero-order valence-electron chi connectivity index (χ0n) is 8.50. The zero-order valence-corrected chi connectivity index (χ0v) is 10.8. The van der Waals surface area contributed by atoms with E-state index in [-0.39, 0.29) is 11.2 Å². The Hall–Kier alpha value is -0.0800. The molecule has 1 aromatic carbocycles. The first-order valence-corrected chi connectivity index (χ1v) is 5.73. The normalized spacial score (nSPS) is 11.9. The third-order valence-electron chi connectivity index (χ3n) is 2.05. The van der Waals surface area contributed by atoms with Gasteiger partial charge in [-0.25, -0.2) is 4.39 Å². The summed E-state index contributed by atoms with van der Waals surface area (Å²) in [6, 6.07) is 3.41. The molecule has 0 aliphatic heterocycles. The molecule has 0 heterocycles. The van der Waals surface area contributed by atoms with Gasteiger partial charge in [-0.3, -0.25) is 0 Å². The average molecular weight is 280 g/mol. The second kappa shape index (κ2) is 4.19. The first-order valence-electron chi connectivity index (χ1n) is 4.40. The molecule has 0 atom stereocenters. The third kappa shape index (κ3) is 2.48. The van der Waals surface area contributed by atoms with Crippen molar-refractivity contribution in [1.82, 2.24) is 0 Å². The molecule has 1 rings (SSSR count). The third-order valence-corrected chi connectivity index (χ3v) is 3.16. The number of rotatable bonds is 1. The van der Waals surface area contributed by atoms with E-state index in [1.54, 1.807) is 0 Å². The summed E-state index contributed by atoms with van der Waals surface area (Å²) >= 11 is 8.95. The molecule has 0 saturated heterocycles. The number of halogens is 3. The van der Waals surface area contributed by atoms with Crippen LogP contribution in [0.3, 0.4) is 0 Å². The monoisotopic (exact) mass is 278 g/mol. The van der Waals surface area contributed by atoms with Crippen molar-refractivity contribution < 1.29 is 4.39 Å². The molecule has 14 heavy (non-hydrogen) atoms. The molecule has 0 aromatic heterocycles. The molecule has 0 radical (unpaired) electrons. The van der Waals surface area contributed by atoms with Crippen LogP contribution in [0, 0.1) is 5.82 Å². The Morgan fingerprint density at radius 2 is 1.93 bits per heavy atom. The van der Waals surface area contributed by atoms with Crippen LogP contribution in [0.5, 0.6) is 0 Å². The number of hydrogen-bond donors (Lipinski definition) is 0. The van der Waals surface area contributed by atoms with Crippen LogP contribution in [0.15, 0.2) is 16.6 Å². The van der Waals surface area contributed by atoms with E-state index in [0.29, 0.717) is 10.4 Å². The Balaban J connectivity index is 3.35. The van der Waals surface area contributed by atoms with Crippen LogP contribution in [0.25, 0.3) is 0 Å². The maximum Gasteiger partial charge on any atom is 0.137 e. The number of alkyl halides is 1. The van der Waals surface area contributed by atoms with Crippen molar-refractivity contribution in [2.75, 3.05) is 0 Å². The van der Waals surface area contributed by atoms with Crippen molar-refractivity contribution in [2.24, 2.45) is 0 Å². The van der Waals surface area contributed by atoms with Gasteiger partial charge < -0.3 is 0 Å². The fourth-order valence-electron chi connectivity index (χ4n) is 1.27. The van der Waals surface area contributed by atoms with Crippen LogP contribution in [0.4, 0.5) is 4.39 Å². The van der Waals surface area contributed by atoms with Crippen LogP contribution < -0.4 is 0 Å². The molecule has 0 aliphatic rings. The van der Waals surface area contributed by atoms with Crippen LogP contribution in [-0.2, 0) is 11.3 Å². The first kappa shape index (κ1) is 12.0. The van der Waals surface area contributed by atoms with Crippen LogP contribution in [0.1, 0.15) is 31.9 Å². The quantitative estimate of drug-likeness (QED) is 0.658. The molecular weight excluding hydrogens is 266 g/mol. The lowest BCUT2D eigenvalue weighted by Gasteiger charge is -2.21. The molecule has 0 bridgehead atoms. The predicted molar refractivity (Wildman–Crippen MR) is 62.4 cm³/mol. The standard InChI is InChI=1S/C11H13BrClF/c1-11(2,3)8-4-7(6-13)5-9(14)10(8)12/h4-5H,6H2,1-3H3. The van der Waals surface area contributed by atoms with Crippen molar-refractivity contribution in [3.63, 3.8) is 0 Å². The second-order valence-electron chi connectivity index (χ2n) is 4.32. The van der Waals surface area contributed by atoms with Crippen molar-refractivity contribution in [1.29, 1.82) is 0 Å². The minimum atomic E-state index is -0.243. The fourth-order valence-corrected chi connectivity index (χ4v) is 2.25. The van der Waals surface area contributed by atoms with Crippen LogP contribution in [0.2, 0.25) is 0 Å². The lowest BCUT2D eigenvalue weighted by Crippen LogP contribution is -2.13. The first-order chi connectivity index (χ1) is 6.36. The van der Waals surface area contributed by atoms with E-state index in [4.69, 9.17) is 11.6 Å². The molecule has 0 saturated carbocycles. The molecule has 0 nitrogen and oxygen atoms in total. The van der Waals surface area contributed by atoms with Gasteiger partial charge >= 0.3 is 0 Å². The smallest absolute Gasteiger partial charge is 0.137 e. The Kier molecular flexibility index (Phi) is 3.59.